The van der Waals surface area contributed by atoms with Crippen LogP contribution in [0.25, 0.3) is 0 Å². The third-order valence-corrected chi connectivity index (χ3v) is 11.5. The first kappa shape index (κ1) is 23.6. The van der Waals surface area contributed by atoms with Gasteiger partial charge >= 0.3 is 0 Å². The lowest BCUT2D eigenvalue weighted by Gasteiger charge is -2.57. The van der Waals surface area contributed by atoms with Crippen molar-refractivity contribution in [1.29, 1.82) is 0 Å². The van der Waals surface area contributed by atoms with Crippen LogP contribution in [0.4, 0.5) is 0 Å². The lowest BCUT2D eigenvalue weighted by atomic mass is 9.48. The van der Waals surface area contributed by atoms with E-state index >= 15 is 0 Å². The highest BCUT2D eigenvalue weighted by molar-refractivity contribution is 7.99. The number of terminal acetylenes is 1. The van der Waals surface area contributed by atoms with Gasteiger partial charge in [0.25, 0.3) is 0 Å². The van der Waals surface area contributed by atoms with Crippen LogP contribution < -0.4 is 0 Å². The third-order valence-electron chi connectivity index (χ3n) is 10.4. The Balaban J connectivity index is 1.80. The van der Waals surface area contributed by atoms with Crippen molar-refractivity contribution >= 4 is 11.8 Å². The number of hydrogen-bond donors (Lipinski definition) is 0. The molecule has 0 spiro atoms. The molecule has 9 atom stereocenters. The van der Waals surface area contributed by atoms with Crippen LogP contribution >= 0.6 is 11.8 Å². The van der Waals surface area contributed by atoms with Gasteiger partial charge in [0, 0.05) is 11.7 Å². The molecule has 0 amide bonds. The zero-order valence-electron chi connectivity index (χ0n) is 20.3. The van der Waals surface area contributed by atoms with Crippen molar-refractivity contribution < 1.29 is 0 Å². The van der Waals surface area contributed by atoms with E-state index in [1.165, 1.54) is 64.2 Å². The van der Waals surface area contributed by atoms with Gasteiger partial charge in [-0.15, -0.1) is 12.3 Å². The zero-order chi connectivity index (χ0) is 21.2. The second-order valence-corrected chi connectivity index (χ2v) is 12.9. The van der Waals surface area contributed by atoms with E-state index in [9.17, 15) is 0 Å². The largest absolute Gasteiger partial charge is 0.162 e. The summed E-state index contributed by atoms with van der Waals surface area (Å²) in [7, 11) is 0. The molecule has 3 rings (SSSR count). The fourth-order valence-electron chi connectivity index (χ4n) is 8.38. The minimum atomic E-state index is 0.503. The summed E-state index contributed by atoms with van der Waals surface area (Å²) in [5, 5.41) is 0.883. The maximum Gasteiger partial charge on any atom is 0.0120 e. The van der Waals surface area contributed by atoms with Crippen LogP contribution in [0.2, 0.25) is 0 Å². The van der Waals surface area contributed by atoms with Crippen molar-refractivity contribution in [3.05, 3.63) is 0 Å². The standard InChI is InChI=1S/C28H48S/c1-8-10-20(3)18-22-12-13-25-24(11-9-2)26(15-17-28(22,25)6)27(5)16-14-23(29-7)19-21(27)4/h2,20-26H,8,10-19H2,1,3-7H3. The molecule has 0 saturated heterocycles. The van der Waals surface area contributed by atoms with E-state index in [4.69, 9.17) is 6.42 Å². The minimum Gasteiger partial charge on any atom is -0.162 e. The maximum atomic E-state index is 6.00. The molecule has 29 heavy (non-hydrogen) atoms. The van der Waals surface area contributed by atoms with Crippen LogP contribution in [-0.4, -0.2) is 11.5 Å². The first-order chi connectivity index (χ1) is 13.8. The summed E-state index contributed by atoms with van der Waals surface area (Å²) in [6.45, 7) is 12.7. The Morgan fingerprint density at radius 3 is 2.38 bits per heavy atom. The Kier molecular flexibility index (Phi) is 7.79. The molecule has 0 N–H and O–H groups in total. The van der Waals surface area contributed by atoms with E-state index in [2.05, 4.69) is 58.6 Å². The molecule has 0 radical (unpaired) electrons. The summed E-state index contributed by atoms with van der Waals surface area (Å²) in [4.78, 5) is 0. The molecule has 3 aliphatic carbocycles. The quantitative estimate of drug-likeness (QED) is 0.375. The van der Waals surface area contributed by atoms with Gasteiger partial charge in [0.15, 0.2) is 0 Å². The predicted octanol–water partition coefficient (Wildman–Crippen LogP) is 8.45. The Morgan fingerprint density at radius 2 is 1.76 bits per heavy atom. The Bertz CT molecular complexity index is 575. The smallest absolute Gasteiger partial charge is 0.0120 e. The van der Waals surface area contributed by atoms with Crippen LogP contribution in [0.15, 0.2) is 0 Å². The molecule has 0 heterocycles. The molecule has 3 saturated carbocycles. The second-order valence-electron chi connectivity index (χ2n) is 11.8. The van der Waals surface area contributed by atoms with Crippen molar-refractivity contribution in [2.24, 2.45) is 46.3 Å². The number of rotatable bonds is 7. The average Bonchev–Trinajstić information content (AvgIpc) is 3.01. The molecule has 0 bridgehead atoms. The topological polar surface area (TPSA) is 0 Å². The van der Waals surface area contributed by atoms with Gasteiger partial charge in [-0.1, -0.05) is 47.5 Å². The van der Waals surface area contributed by atoms with Gasteiger partial charge in [0.05, 0.1) is 0 Å². The van der Waals surface area contributed by atoms with Gasteiger partial charge in [0.1, 0.15) is 0 Å². The average molecular weight is 417 g/mol. The summed E-state index contributed by atoms with van der Waals surface area (Å²) in [5.74, 6) is 8.32. The summed E-state index contributed by atoms with van der Waals surface area (Å²) in [6, 6.07) is 0. The Morgan fingerprint density at radius 1 is 1.07 bits per heavy atom. The monoisotopic (exact) mass is 416 g/mol. The lowest BCUT2D eigenvalue weighted by Crippen LogP contribution is -2.50. The van der Waals surface area contributed by atoms with Crippen molar-refractivity contribution in [1.82, 2.24) is 0 Å². The van der Waals surface area contributed by atoms with Gasteiger partial charge < -0.3 is 0 Å². The normalized spacial score (nSPS) is 46.1. The molecule has 3 aliphatic rings. The molecular formula is C28H48S. The van der Waals surface area contributed by atoms with Crippen molar-refractivity contribution in [3.63, 3.8) is 0 Å². The molecule has 3 fully saturated rings. The van der Waals surface area contributed by atoms with Gasteiger partial charge in [-0.2, -0.15) is 11.8 Å². The lowest BCUT2D eigenvalue weighted by molar-refractivity contribution is -0.0715. The number of thioether (sulfide) groups is 1. The summed E-state index contributed by atoms with van der Waals surface area (Å²) in [6.07, 6.45) is 23.6. The molecular weight excluding hydrogens is 368 g/mol. The fourth-order valence-corrected chi connectivity index (χ4v) is 9.22. The zero-order valence-corrected chi connectivity index (χ0v) is 21.1. The van der Waals surface area contributed by atoms with E-state index in [0.29, 0.717) is 10.8 Å². The molecule has 166 valence electrons. The summed E-state index contributed by atoms with van der Waals surface area (Å²) < 4.78 is 0. The van der Waals surface area contributed by atoms with Crippen molar-refractivity contribution in [3.8, 4) is 12.3 Å². The first-order valence-electron chi connectivity index (χ1n) is 12.8. The summed E-state index contributed by atoms with van der Waals surface area (Å²) in [5.41, 5.74) is 1.05. The molecule has 9 unspecified atom stereocenters. The van der Waals surface area contributed by atoms with Gasteiger partial charge in [-0.05, 0) is 104 Å². The predicted molar refractivity (Wildman–Crippen MR) is 131 cm³/mol. The van der Waals surface area contributed by atoms with E-state index in [0.717, 1.165) is 47.2 Å². The Hall–Kier alpha value is -0.0900. The van der Waals surface area contributed by atoms with E-state index in [-0.39, 0.29) is 0 Å². The fraction of sp³-hybridized carbons (Fsp3) is 0.929. The van der Waals surface area contributed by atoms with E-state index in [1.807, 2.05) is 0 Å². The van der Waals surface area contributed by atoms with E-state index in [1.54, 1.807) is 0 Å². The molecule has 1 heteroatoms. The maximum absolute atomic E-state index is 6.00. The summed E-state index contributed by atoms with van der Waals surface area (Å²) >= 11 is 2.10. The number of hydrogen-bond acceptors (Lipinski definition) is 1. The van der Waals surface area contributed by atoms with Crippen LogP contribution in [0, 0.1) is 58.7 Å². The van der Waals surface area contributed by atoms with Crippen molar-refractivity contribution in [2.75, 3.05) is 6.26 Å². The Labute approximate surface area is 187 Å². The minimum absolute atomic E-state index is 0.503. The molecule has 0 aromatic carbocycles. The highest BCUT2D eigenvalue weighted by Gasteiger charge is 2.57. The molecule has 0 aliphatic heterocycles. The first-order valence-corrected chi connectivity index (χ1v) is 14.0. The molecule has 0 aromatic heterocycles. The third kappa shape index (κ3) is 4.45. The second kappa shape index (κ2) is 9.59. The highest BCUT2D eigenvalue weighted by Crippen LogP contribution is 2.65. The van der Waals surface area contributed by atoms with Crippen LogP contribution in [-0.2, 0) is 0 Å². The highest BCUT2D eigenvalue weighted by atomic mass is 32.2. The number of fused-ring (bicyclic) bond motifs is 1. The SMILES string of the molecule is C#CCC1C(C2(C)CCC(SC)CC2C)CCC2(C)C(CC(C)CCC)CCC12. The molecule has 0 nitrogen and oxygen atoms in total. The van der Waals surface area contributed by atoms with Gasteiger partial charge in [-0.25, -0.2) is 0 Å². The van der Waals surface area contributed by atoms with E-state index < -0.39 is 0 Å². The van der Waals surface area contributed by atoms with Crippen LogP contribution in [0.3, 0.4) is 0 Å². The van der Waals surface area contributed by atoms with Crippen LogP contribution in [0.5, 0.6) is 0 Å². The van der Waals surface area contributed by atoms with Gasteiger partial charge in [0.2, 0.25) is 0 Å². The molecule has 0 aromatic rings. The van der Waals surface area contributed by atoms with Crippen molar-refractivity contribution in [2.45, 2.75) is 110 Å². The van der Waals surface area contributed by atoms with Crippen LogP contribution in [0.1, 0.15) is 105 Å². The van der Waals surface area contributed by atoms with Gasteiger partial charge in [-0.3, -0.25) is 0 Å².